The molecule has 1 aromatic carbocycles. The number of nitrogens with one attached hydrogen (secondary N) is 1. The van der Waals surface area contributed by atoms with Crippen molar-refractivity contribution in [1.82, 2.24) is 4.72 Å². The number of hydrogen-bond donors (Lipinski definition) is 2. The van der Waals surface area contributed by atoms with Gasteiger partial charge in [0, 0.05) is 12.2 Å². The Labute approximate surface area is 93.7 Å². The van der Waals surface area contributed by atoms with Gasteiger partial charge >= 0.3 is 0 Å². The lowest BCUT2D eigenvalue weighted by molar-refractivity contribution is 0.578. The molecule has 1 unspecified atom stereocenters. The van der Waals surface area contributed by atoms with E-state index in [-0.39, 0.29) is 0 Å². The average Bonchev–Trinajstić information content (AvgIpc) is 2.18. The smallest absolute Gasteiger partial charge is 0.124 e. The molecule has 0 saturated carbocycles. The van der Waals surface area contributed by atoms with Crippen LogP contribution in [0.25, 0.3) is 0 Å². The first-order chi connectivity index (χ1) is 7.09. The zero-order valence-corrected chi connectivity index (χ0v) is 10.0. The first-order valence-electron chi connectivity index (χ1n) is 5.10. The van der Waals surface area contributed by atoms with Gasteiger partial charge in [0.1, 0.15) is 11.0 Å². The Morgan fingerprint density at radius 1 is 1.33 bits per heavy atom. The third kappa shape index (κ3) is 4.44. The van der Waals surface area contributed by atoms with E-state index >= 15 is 0 Å². The molecule has 0 fully saturated rings. The van der Waals surface area contributed by atoms with Crippen molar-refractivity contribution in [2.24, 2.45) is 5.92 Å². The molecule has 84 valence electrons. The van der Waals surface area contributed by atoms with Gasteiger partial charge in [-0.05, 0) is 36.6 Å². The van der Waals surface area contributed by atoms with Crippen LogP contribution in [0, 0.1) is 5.92 Å². The van der Waals surface area contributed by atoms with Crippen LogP contribution >= 0.6 is 0 Å². The van der Waals surface area contributed by atoms with Crippen LogP contribution in [0.4, 0.5) is 5.69 Å². The molecule has 0 aromatic heterocycles. The molecule has 3 nitrogen and oxygen atoms in total. The molecule has 0 saturated heterocycles. The molecule has 0 bridgehead atoms. The highest BCUT2D eigenvalue weighted by molar-refractivity contribution is 7.83. The van der Waals surface area contributed by atoms with Gasteiger partial charge in [-0.2, -0.15) is 0 Å². The quantitative estimate of drug-likeness (QED) is 0.754. The number of hydrogen-bond acceptors (Lipinski definition) is 2. The van der Waals surface area contributed by atoms with Gasteiger partial charge in [0.25, 0.3) is 0 Å². The molecule has 0 aliphatic heterocycles. The summed E-state index contributed by atoms with van der Waals surface area (Å²) in [5.74, 6) is 0.626. The van der Waals surface area contributed by atoms with Crippen molar-refractivity contribution in [2.45, 2.75) is 25.2 Å². The Bertz CT molecular complexity index is 322. The maximum absolute atomic E-state index is 11.7. The number of nitrogen functional groups attached to an aromatic ring is 1. The third-order valence-electron chi connectivity index (χ3n) is 2.05. The molecule has 1 rings (SSSR count). The summed E-state index contributed by atoms with van der Waals surface area (Å²) < 4.78 is 14.7. The van der Waals surface area contributed by atoms with Crippen LogP contribution in [0.1, 0.15) is 20.3 Å². The Morgan fingerprint density at radius 3 is 2.47 bits per heavy atom. The first kappa shape index (κ1) is 12.2. The van der Waals surface area contributed by atoms with Crippen molar-refractivity contribution < 1.29 is 4.21 Å². The molecule has 0 heterocycles. The van der Waals surface area contributed by atoms with Gasteiger partial charge < -0.3 is 5.73 Å². The molecule has 0 spiro atoms. The van der Waals surface area contributed by atoms with Crippen LogP contribution in [0.15, 0.2) is 29.2 Å². The standard InChI is InChI=1S/C11H18N2OS/c1-9(2)7-8-13-15(14)11-5-3-10(12)4-6-11/h3-6,9,13H,7-8,12H2,1-2H3. The second-order valence-electron chi connectivity index (χ2n) is 3.91. The van der Waals surface area contributed by atoms with E-state index in [1.165, 1.54) is 0 Å². The predicted molar refractivity (Wildman–Crippen MR) is 64.7 cm³/mol. The summed E-state index contributed by atoms with van der Waals surface area (Å²) in [6.07, 6.45) is 1.03. The molecule has 0 aliphatic carbocycles. The molecule has 4 heteroatoms. The van der Waals surface area contributed by atoms with Crippen LogP contribution in [0.3, 0.4) is 0 Å². The SMILES string of the molecule is CC(C)CCNS(=O)c1ccc(N)cc1. The molecular weight excluding hydrogens is 208 g/mol. The van der Waals surface area contributed by atoms with Crippen molar-refractivity contribution in [3.05, 3.63) is 24.3 Å². The molecule has 1 atom stereocenters. The Kier molecular flexibility index (Phi) is 4.78. The van der Waals surface area contributed by atoms with E-state index < -0.39 is 11.0 Å². The van der Waals surface area contributed by atoms with Gasteiger partial charge in [-0.3, -0.25) is 0 Å². The number of rotatable bonds is 5. The highest BCUT2D eigenvalue weighted by Gasteiger charge is 2.02. The summed E-state index contributed by atoms with van der Waals surface area (Å²) in [5, 5.41) is 0. The number of anilines is 1. The molecule has 1 aromatic rings. The van der Waals surface area contributed by atoms with Crippen LogP contribution in [0.5, 0.6) is 0 Å². The van der Waals surface area contributed by atoms with E-state index in [0.717, 1.165) is 17.9 Å². The van der Waals surface area contributed by atoms with E-state index in [1.807, 2.05) is 0 Å². The van der Waals surface area contributed by atoms with Gasteiger partial charge in [0.2, 0.25) is 0 Å². The Morgan fingerprint density at radius 2 is 1.93 bits per heavy atom. The van der Waals surface area contributed by atoms with E-state index in [4.69, 9.17) is 5.73 Å². The van der Waals surface area contributed by atoms with E-state index in [0.29, 0.717) is 11.6 Å². The summed E-state index contributed by atoms with van der Waals surface area (Å²) in [4.78, 5) is 0.771. The van der Waals surface area contributed by atoms with Crippen LogP contribution < -0.4 is 10.5 Å². The lowest BCUT2D eigenvalue weighted by Crippen LogP contribution is -2.19. The number of benzene rings is 1. The summed E-state index contributed by atoms with van der Waals surface area (Å²) in [7, 11) is -1.11. The van der Waals surface area contributed by atoms with Crippen molar-refractivity contribution in [3.63, 3.8) is 0 Å². The largest absolute Gasteiger partial charge is 0.399 e. The van der Waals surface area contributed by atoms with Crippen molar-refractivity contribution in [1.29, 1.82) is 0 Å². The van der Waals surface area contributed by atoms with Gasteiger partial charge in [0.05, 0.1) is 4.90 Å². The van der Waals surface area contributed by atoms with Crippen molar-refractivity contribution in [3.8, 4) is 0 Å². The maximum Gasteiger partial charge on any atom is 0.124 e. The highest BCUT2D eigenvalue weighted by Crippen LogP contribution is 2.08. The van der Waals surface area contributed by atoms with Gasteiger partial charge in [-0.15, -0.1) is 0 Å². The fourth-order valence-corrected chi connectivity index (χ4v) is 1.97. The summed E-state index contributed by atoms with van der Waals surface area (Å²) in [5.41, 5.74) is 6.24. The molecular formula is C11H18N2OS. The first-order valence-corrected chi connectivity index (χ1v) is 6.25. The molecule has 0 amide bonds. The molecule has 0 aliphatic rings. The highest BCUT2D eigenvalue weighted by atomic mass is 32.2. The van der Waals surface area contributed by atoms with Crippen molar-refractivity contribution in [2.75, 3.05) is 12.3 Å². The fraction of sp³-hybridized carbons (Fsp3) is 0.455. The summed E-state index contributed by atoms with van der Waals surface area (Å²) in [6, 6.07) is 7.09. The topological polar surface area (TPSA) is 55.1 Å². The fourth-order valence-electron chi connectivity index (χ4n) is 1.12. The Balaban J connectivity index is 2.43. The zero-order chi connectivity index (χ0) is 11.3. The second kappa shape index (κ2) is 5.88. The minimum absolute atomic E-state index is 0.626. The van der Waals surface area contributed by atoms with Crippen LogP contribution in [-0.2, 0) is 11.0 Å². The van der Waals surface area contributed by atoms with Crippen molar-refractivity contribution >= 4 is 16.7 Å². The summed E-state index contributed by atoms with van der Waals surface area (Å²) >= 11 is 0. The minimum atomic E-state index is -1.11. The predicted octanol–water partition coefficient (Wildman–Crippen LogP) is 1.93. The lowest BCUT2D eigenvalue weighted by Gasteiger charge is -2.06. The normalized spacial score (nSPS) is 13.0. The zero-order valence-electron chi connectivity index (χ0n) is 9.19. The van der Waals surface area contributed by atoms with Gasteiger partial charge in [-0.25, -0.2) is 8.93 Å². The molecule has 15 heavy (non-hydrogen) atoms. The molecule has 3 N–H and O–H groups in total. The van der Waals surface area contributed by atoms with Crippen LogP contribution in [-0.4, -0.2) is 10.8 Å². The monoisotopic (exact) mass is 226 g/mol. The lowest BCUT2D eigenvalue weighted by atomic mass is 10.1. The van der Waals surface area contributed by atoms with Gasteiger partial charge in [-0.1, -0.05) is 13.8 Å². The molecule has 0 radical (unpaired) electrons. The maximum atomic E-state index is 11.7. The van der Waals surface area contributed by atoms with E-state index in [2.05, 4.69) is 18.6 Å². The Hall–Kier alpha value is -0.870. The second-order valence-corrected chi connectivity index (χ2v) is 5.21. The summed E-state index contributed by atoms with van der Waals surface area (Å²) in [6.45, 7) is 5.07. The van der Waals surface area contributed by atoms with E-state index in [1.54, 1.807) is 24.3 Å². The van der Waals surface area contributed by atoms with Gasteiger partial charge in [0.15, 0.2) is 0 Å². The van der Waals surface area contributed by atoms with E-state index in [9.17, 15) is 4.21 Å². The third-order valence-corrected chi connectivity index (χ3v) is 3.22. The number of nitrogens with two attached hydrogens (primary N) is 1. The minimum Gasteiger partial charge on any atom is -0.399 e. The average molecular weight is 226 g/mol. The van der Waals surface area contributed by atoms with Crippen LogP contribution in [0.2, 0.25) is 0 Å².